The summed E-state index contributed by atoms with van der Waals surface area (Å²) in [6.07, 6.45) is 7.75. The SMILES string of the molecule is CCC(=O)N1CCC(NC(=NC)NCC2(c3ccc(OC)cc3)CCCCC2)C1.I. The number of ether oxygens (including phenoxy) is 1. The van der Waals surface area contributed by atoms with Crippen molar-refractivity contribution >= 4 is 35.8 Å². The van der Waals surface area contributed by atoms with Crippen LogP contribution in [0.3, 0.4) is 0 Å². The highest BCUT2D eigenvalue weighted by atomic mass is 127. The van der Waals surface area contributed by atoms with Gasteiger partial charge in [0.1, 0.15) is 5.75 Å². The van der Waals surface area contributed by atoms with E-state index in [-0.39, 0.29) is 41.3 Å². The van der Waals surface area contributed by atoms with Crippen LogP contribution in [-0.4, -0.2) is 56.6 Å². The first-order valence-electron chi connectivity index (χ1n) is 11.0. The monoisotopic (exact) mass is 528 g/mol. The number of nitrogens with one attached hydrogen (secondary N) is 2. The molecule has 30 heavy (non-hydrogen) atoms. The lowest BCUT2D eigenvalue weighted by Gasteiger charge is -2.38. The average molecular weight is 528 g/mol. The predicted octanol–water partition coefficient (Wildman–Crippen LogP) is 3.69. The van der Waals surface area contributed by atoms with Gasteiger partial charge in [-0.2, -0.15) is 0 Å². The van der Waals surface area contributed by atoms with E-state index in [1.165, 1.54) is 37.7 Å². The maximum Gasteiger partial charge on any atom is 0.222 e. The van der Waals surface area contributed by atoms with Crippen molar-refractivity contribution in [2.75, 3.05) is 33.8 Å². The largest absolute Gasteiger partial charge is 0.497 e. The molecular formula is C23H37IN4O2. The fourth-order valence-electron chi connectivity index (χ4n) is 4.71. The van der Waals surface area contributed by atoms with Crippen molar-refractivity contribution in [3.63, 3.8) is 0 Å². The highest BCUT2D eigenvalue weighted by molar-refractivity contribution is 14.0. The first-order chi connectivity index (χ1) is 14.1. The zero-order valence-electron chi connectivity index (χ0n) is 18.6. The van der Waals surface area contributed by atoms with E-state index in [2.05, 4.69) is 39.9 Å². The van der Waals surface area contributed by atoms with Gasteiger partial charge in [0.15, 0.2) is 5.96 Å². The third-order valence-electron chi connectivity index (χ3n) is 6.52. The first kappa shape index (κ1) is 24.8. The molecule has 1 saturated heterocycles. The molecule has 1 atom stereocenters. The second-order valence-corrected chi connectivity index (χ2v) is 8.32. The summed E-state index contributed by atoms with van der Waals surface area (Å²) in [6, 6.07) is 8.83. The second kappa shape index (κ2) is 11.8. The van der Waals surface area contributed by atoms with Gasteiger partial charge in [0.05, 0.1) is 7.11 Å². The van der Waals surface area contributed by atoms with Gasteiger partial charge < -0.3 is 20.3 Å². The van der Waals surface area contributed by atoms with Crippen LogP contribution in [0.25, 0.3) is 0 Å². The minimum atomic E-state index is 0. The molecule has 1 aromatic rings. The van der Waals surface area contributed by atoms with E-state index in [0.717, 1.165) is 37.8 Å². The third-order valence-corrected chi connectivity index (χ3v) is 6.52. The summed E-state index contributed by atoms with van der Waals surface area (Å²) in [5, 5.41) is 7.12. The van der Waals surface area contributed by atoms with E-state index < -0.39 is 0 Å². The number of benzene rings is 1. The lowest BCUT2D eigenvalue weighted by atomic mass is 9.69. The van der Waals surface area contributed by atoms with E-state index in [4.69, 9.17) is 4.74 Å². The second-order valence-electron chi connectivity index (χ2n) is 8.32. The highest BCUT2D eigenvalue weighted by Gasteiger charge is 2.34. The molecule has 1 aliphatic heterocycles. The van der Waals surface area contributed by atoms with Crippen molar-refractivity contribution in [2.24, 2.45) is 4.99 Å². The molecule has 6 nitrogen and oxygen atoms in total. The third kappa shape index (κ3) is 6.02. The maximum atomic E-state index is 11.9. The molecular weight excluding hydrogens is 491 g/mol. The molecule has 0 bridgehead atoms. The van der Waals surface area contributed by atoms with Gasteiger partial charge in [0.2, 0.25) is 5.91 Å². The summed E-state index contributed by atoms with van der Waals surface area (Å²) in [5.41, 5.74) is 1.50. The van der Waals surface area contributed by atoms with Crippen LogP contribution >= 0.6 is 24.0 Å². The fourth-order valence-corrected chi connectivity index (χ4v) is 4.71. The fraction of sp³-hybridized carbons (Fsp3) is 0.652. The van der Waals surface area contributed by atoms with Crippen molar-refractivity contribution in [3.8, 4) is 5.75 Å². The van der Waals surface area contributed by atoms with Gasteiger partial charge in [-0.3, -0.25) is 9.79 Å². The lowest BCUT2D eigenvalue weighted by Crippen LogP contribution is -2.49. The molecule has 1 aromatic carbocycles. The van der Waals surface area contributed by atoms with Gasteiger partial charge in [-0.25, -0.2) is 0 Å². The highest BCUT2D eigenvalue weighted by Crippen LogP contribution is 2.39. The summed E-state index contributed by atoms with van der Waals surface area (Å²) >= 11 is 0. The predicted molar refractivity (Wildman–Crippen MR) is 133 cm³/mol. The number of carbonyl (C=O) groups is 1. The number of aliphatic imine (C=N–C) groups is 1. The maximum absolute atomic E-state index is 11.9. The van der Waals surface area contributed by atoms with E-state index in [9.17, 15) is 4.79 Å². The Morgan fingerprint density at radius 1 is 1.23 bits per heavy atom. The number of nitrogens with zero attached hydrogens (tertiary/aromatic N) is 2. The minimum Gasteiger partial charge on any atom is -0.497 e. The van der Waals surface area contributed by atoms with Crippen LogP contribution in [0, 0.1) is 0 Å². The lowest BCUT2D eigenvalue weighted by molar-refractivity contribution is -0.129. The quantitative estimate of drug-likeness (QED) is 0.336. The number of hydrogen-bond acceptors (Lipinski definition) is 3. The van der Waals surface area contributed by atoms with Gasteiger partial charge in [-0.05, 0) is 37.0 Å². The van der Waals surface area contributed by atoms with Crippen LogP contribution in [0.1, 0.15) is 57.4 Å². The number of guanidine groups is 1. The van der Waals surface area contributed by atoms with Crippen molar-refractivity contribution in [1.29, 1.82) is 0 Å². The van der Waals surface area contributed by atoms with Crippen molar-refractivity contribution in [2.45, 2.75) is 63.3 Å². The molecule has 1 heterocycles. The zero-order valence-corrected chi connectivity index (χ0v) is 20.9. The molecule has 0 aromatic heterocycles. The van der Waals surface area contributed by atoms with Crippen molar-refractivity contribution in [1.82, 2.24) is 15.5 Å². The molecule has 168 valence electrons. The molecule has 1 aliphatic carbocycles. The number of hydrogen-bond donors (Lipinski definition) is 2. The van der Waals surface area contributed by atoms with Gasteiger partial charge in [-0.15, -0.1) is 24.0 Å². The molecule has 3 rings (SSSR count). The number of methoxy groups -OCH3 is 1. The Labute approximate surface area is 198 Å². The van der Waals surface area contributed by atoms with Gasteiger partial charge in [0.25, 0.3) is 0 Å². The number of likely N-dealkylation sites (tertiary alicyclic amines) is 1. The molecule has 7 heteroatoms. The Kier molecular flexibility index (Phi) is 9.71. The first-order valence-corrected chi connectivity index (χ1v) is 11.0. The zero-order chi connectivity index (χ0) is 20.7. The van der Waals surface area contributed by atoms with E-state index in [0.29, 0.717) is 6.42 Å². The van der Waals surface area contributed by atoms with Crippen LogP contribution in [0.4, 0.5) is 0 Å². The van der Waals surface area contributed by atoms with Gasteiger partial charge in [0, 0.05) is 44.6 Å². The normalized spacial score (nSPS) is 21.0. The molecule has 0 radical (unpaired) electrons. The molecule has 2 aliphatic rings. The van der Waals surface area contributed by atoms with Crippen LogP contribution < -0.4 is 15.4 Å². The Bertz CT molecular complexity index is 702. The Morgan fingerprint density at radius 3 is 2.53 bits per heavy atom. The van der Waals surface area contributed by atoms with E-state index >= 15 is 0 Å². The number of rotatable bonds is 6. The van der Waals surface area contributed by atoms with Gasteiger partial charge >= 0.3 is 0 Å². The summed E-state index contributed by atoms with van der Waals surface area (Å²) in [6.45, 7) is 4.38. The topological polar surface area (TPSA) is 66.0 Å². The number of halogens is 1. The van der Waals surface area contributed by atoms with Crippen molar-refractivity contribution in [3.05, 3.63) is 29.8 Å². The smallest absolute Gasteiger partial charge is 0.222 e. The van der Waals surface area contributed by atoms with Crippen molar-refractivity contribution < 1.29 is 9.53 Å². The molecule has 2 N–H and O–H groups in total. The molecule has 0 spiro atoms. The summed E-state index contributed by atoms with van der Waals surface area (Å²) < 4.78 is 5.34. The van der Waals surface area contributed by atoms with Gasteiger partial charge in [-0.1, -0.05) is 38.3 Å². The number of amides is 1. The molecule has 1 saturated carbocycles. The molecule has 1 amide bonds. The van der Waals surface area contributed by atoms with Crippen LogP contribution in [0.2, 0.25) is 0 Å². The van der Waals surface area contributed by atoms with Crippen LogP contribution in [-0.2, 0) is 10.2 Å². The molecule has 1 unspecified atom stereocenters. The Balaban J connectivity index is 0.00000320. The summed E-state index contributed by atoms with van der Waals surface area (Å²) in [5.74, 6) is 1.97. The van der Waals surface area contributed by atoms with E-state index in [1.807, 2.05) is 18.9 Å². The summed E-state index contributed by atoms with van der Waals surface area (Å²) in [7, 11) is 3.53. The van der Waals surface area contributed by atoms with Crippen LogP contribution in [0.15, 0.2) is 29.3 Å². The molecule has 2 fully saturated rings. The van der Waals surface area contributed by atoms with E-state index in [1.54, 1.807) is 7.11 Å². The Morgan fingerprint density at radius 2 is 1.93 bits per heavy atom. The summed E-state index contributed by atoms with van der Waals surface area (Å²) in [4.78, 5) is 18.3. The Hall–Kier alpha value is -1.51. The minimum absolute atomic E-state index is 0. The van der Waals surface area contributed by atoms with Crippen LogP contribution in [0.5, 0.6) is 5.75 Å². The standard InChI is InChI=1S/C23H36N4O2.HI/c1-4-21(28)27-15-12-19(16-27)26-22(24-2)25-17-23(13-6-5-7-14-23)18-8-10-20(29-3)11-9-18;/h8-11,19H,4-7,12-17H2,1-3H3,(H2,24,25,26);1H. The number of carbonyl (C=O) groups excluding carboxylic acids is 1. The average Bonchev–Trinajstić information content (AvgIpc) is 3.25.